The van der Waals surface area contributed by atoms with E-state index in [4.69, 9.17) is 19.9 Å². The number of nitrogens with one attached hydrogen (secondary N) is 2. The normalized spacial score (nSPS) is 13.8. The second kappa shape index (κ2) is 10.1. The second-order valence-corrected chi connectivity index (χ2v) is 9.49. The summed E-state index contributed by atoms with van der Waals surface area (Å²) in [6.07, 6.45) is 6.24. The number of methoxy groups -OCH3 is 2. The minimum absolute atomic E-state index is 0.0355. The molecule has 1 aliphatic carbocycles. The van der Waals surface area contributed by atoms with Crippen molar-refractivity contribution in [1.29, 1.82) is 5.41 Å². The summed E-state index contributed by atoms with van der Waals surface area (Å²) in [6, 6.07) is 11.0. The molecule has 0 atom stereocenters. The van der Waals surface area contributed by atoms with Gasteiger partial charge in [-0.3, -0.25) is 19.4 Å². The van der Waals surface area contributed by atoms with Gasteiger partial charge in [0.15, 0.2) is 11.5 Å². The Morgan fingerprint density at radius 3 is 2.59 bits per heavy atom. The van der Waals surface area contributed by atoms with Crippen molar-refractivity contribution in [3.05, 3.63) is 75.1 Å². The first kappa shape index (κ1) is 24.5. The van der Waals surface area contributed by atoms with E-state index in [2.05, 4.69) is 5.32 Å². The van der Waals surface area contributed by atoms with Crippen LogP contribution in [-0.2, 0) is 13.0 Å². The van der Waals surface area contributed by atoms with E-state index in [9.17, 15) is 9.59 Å². The maximum atomic E-state index is 13.5. The monoisotopic (exact) mass is 501 g/mol. The summed E-state index contributed by atoms with van der Waals surface area (Å²) >= 11 is 0. The number of hydrogen-bond donors (Lipinski definition) is 2. The first-order valence-electron chi connectivity index (χ1n) is 12.5. The average Bonchev–Trinajstić information content (AvgIpc) is 3.41. The van der Waals surface area contributed by atoms with Crippen LogP contribution in [0.25, 0.3) is 16.7 Å². The molecular weight excluding hydrogens is 470 g/mol. The highest BCUT2D eigenvalue weighted by atomic mass is 16.5. The van der Waals surface area contributed by atoms with Crippen molar-refractivity contribution >= 4 is 22.6 Å². The minimum atomic E-state index is -0.326. The molecule has 0 radical (unpaired) electrons. The first-order valence-corrected chi connectivity index (χ1v) is 12.5. The zero-order valence-electron chi connectivity index (χ0n) is 21.3. The molecule has 0 saturated heterocycles. The number of aryl methyl sites for hydroxylation is 3. The fourth-order valence-corrected chi connectivity index (χ4v) is 5.10. The van der Waals surface area contributed by atoms with Gasteiger partial charge in [0.1, 0.15) is 16.8 Å². The van der Waals surface area contributed by atoms with Gasteiger partial charge < -0.3 is 19.4 Å². The lowest BCUT2D eigenvalue weighted by Crippen LogP contribution is -2.38. The quantitative estimate of drug-likeness (QED) is 0.377. The number of ether oxygens (including phenoxy) is 2. The summed E-state index contributed by atoms with van der Waals surface area (Å²) in [5, 5.41) is 12.4. The van der Waals surface area contributed by atoms with Gasteiger partial charge in [-0.05, 0) is 61.6 Å². The van der Waals surface area contributed by atoms with Gasteiger partial charge >= 0.3 is 0 Å². The molecule has 1 amide bonds. The lowest BCUT2D eigenvalue weighted by Gasteiger charge is -2.17. The Kier molecular flexibility index (Phi) is 6.69. The summed E-state index contributed by atoms with van der Waals surface area (Å²) in [5.74, 6) is 0.920. The lowest BCUT2D eigenvalue weighted by atomic mass is 10.1. The number of amides is 1. The van der Waals surface area contributed by atoms with Crippen LogP contribution in [0.2, 0.25) is 0 Å². The molecule has 1 aromatic carbocycles. The summed E-state index contributed by atoms with van der Waals surface area (Å²) in [4.78, 5) is 31.6. The van der Waals surface area contributed by atoms with Gasteiger partial charge in [-0.15, -0.1) is 0 Å². The van der Waals surface area contributed by atoms with E-state index >= 15 is 0 Å². The molecule has 3 aromatic heterocycles. The van der Waals surface area contributed by atoms with E-state index in [1.54, 1.807) is 31.0 Å². The Bertz CT molecular complexity index is 1620. The van der Waals surface area contributed by atoms with E-state index < -0.39 is 0 Å². The van der Waals surface area contributed by atoms with Crippen molar-refractivity contribution in [2.45, 2.75) is 51.6 Å². The Hall–Kier alpha value is -4.14. The van der Waals surface area contributed by atoms with Crippen LogP contribution in [0.3, 0.4) is 0 Å². The van der Waals surface area contributed by atoms with Crippen molar-refractivity contribution in [1.82, 2.24) is 19.3 Å². The summed E-state index contributed by atoms with van der Waals surface area (Å²) in [5.41, 5.74) is 2.68. The molecular formula is C28H31N5O4. The van der Waals surface area contributed by atoms with E-state index in [0.717, 1.165) is 36.8 Å². The molecule has 1 fully saturated rings. The standard InChI is InChI=1S/C28H31N5O4/c1-17-7-6-13-33-25(17)31-26-21(28(33)35)16-20(27(34)30-19-8-4-5-9-19)24(29)32(26)14-12-18-10-11-22(36-2)23(15-18)37-3/h6-7,10-11,13,15-16,19,29H,4-5,8-9,12,14H2,1-3H3,(H,30,34). The SMILES string of the molecule is COc1ccc(CCn2c(=N)c(C(=O)NC3CCCC3)cc3c(=O)n4cccc(C)c4nc32)cc1OC. The van der Waals surface area contributed by atoms with Gasteiger partial charge in [0, 0.05) is 18.8 Å². The number of rotatable bonds is 7. The molecule has 4 aromatic rings. The summed E-state index contributed by atoms with van der Waals surface area (Å²) in [7, 11) is 3.17. The van der Waals surface area contributed by atoms with Gasteiger partial charge in [-0.2, -0.15) is 0 Å². The van der Waals surface area contributed by atoms with E-state index in [-0.39, 0.29) is 28.6 Å². The predicted octanol–water partition coefficient (Wildman–Crippen LogP) is 3.37. The Balaban J connectivity index is 1.64. The van der Waals surface area contributed by atoms with Gasteiger partial charge in [0.25, 0.3) is 11.5 Å². The highest BCUT2D eigenvalue weighted by molar-refractivity contribution is 5.97. The van der Waals surface area contributed by atoms with Crippen molar-refractivity contribution in [3.8, 4) is 11.5 Å². The molecule has 1 aliphatic rings. The van der Waals surface area contributed by atoms with Crippen LogP contribution in [0.15, 0.2) is 47.4 Å². The number of hydrogen-bond acceptors (Lipinski definition) is 6. The van der Waals surface area contributed by atoms with Gasteiger partial charge in [0.05, 0.1) is 25.2 Å². The highest BCUT2D eigenvalue weighted by Gasteiger charge is 2.22. The largest absolute Gasteiger partial charge is 0.493 e. The van der Waals surface area contributed by atoms with Crippen molar-refractivity contribution < 1.29 is 14.3 Å². The smallest absolute Gasteiger partial charge is 0.267 e. The Morgan fingerprint density at radius 1 is 1.11 bits per heavy atom. The van der Waals surface area contributed by atoms with Crippen LogP contribution < -0.4 is 25.8 Å². The molecule has 9 heteroatoms. The molecule has 2 N–H and O–H groups in total. The average molecular weight is 502 g/mol. The third kappa shape index (κ3) is 4.57. The number of aromatic nitrogens is 3. The maximum Gasteiger partial charge on any atom is 0.267 e. The second-order valence-electron chi connectivity index (χ2n) is 9.49. The van der Waals surface area contributed by atoms with Gasteiger partial charge in [0.2, 0.25) is 0 Å². The Morgan fingerprint density at radius 2 is 1.86 bits per heavy atom. The summed E-state index contributed by atoms with van der Waals surface area (Å²) in [6.45, 7) is 2.25. The van der Waals surface area contributed by atoms with Crippen molar-refractivity contribution in [2.75, 3.05) is 14.2 Å². The van der Waals surface area contributed by atoms with E-state index in [0.29, 0.717) is 41.1 Å². The number of carbonyl (C=O) groups is 1. The number of benzene rings is 1. The molecule has 192 valence electrons. The van der Waals surface area contributed by atoms with Crippen molar-refractivity contribution in [3.63, 3.8) is 0 Å². The van der Waals surface area contributed by atoms with E-state index in [1.807, 2.05) is 31.2 Å². The lowest BCUT2D eigenvalue weighted by molar-refractivity contribution is 0.0935. The van der Waals surface area contributed by atoms with Gasteiger partial charge in [-0.1, -0.05) is 25.0 Å². The first-order chi connectivity index (χ1) is 17.9. The maximum absolute atomic E-state index is 13.5. The van der Waals surface area contributed by atoms with Crippen LogP contribution in [0.5, 0.6) is 11.5 Å². The van der Waals surface area contributed by atoms with E-state index in [1.165, 1.54) is 10.5 Å². The number of carbonyl (C=O) groups excluding carboxylic acids is 1. The third-order valence-corrected chi connectivity index (χ3v) is 7.14. The van der Waals surface area contributed by atoms with Crippen LogP contribution in [-0.4, -0.2) is 40.1 Å². The molecule has 3 heterocycles. The Labute approximate surface area is 214 Å². The van der Waals surface area contributed by atoms with Crippen LogP contribution in [0.4, 0.5) is 0 Å². The molecule has 0 aliphatic heterocycles. The fraction of sp³-hybridized carbons (Fsp3) is 0.357. The number of fused-ring (bicyclic) bond motifs is 2. The summed E-state index contributed by atoms with van der Waals surface area (Å²) < 4.78 is 13.9. The van der Waals surface area contributed by atoms with Crippen LogP contribution >= 0.6 is 0 Å². The zero-order valence-corrected chi connectivity index (χ0v) is 21.3. The number of pyridine rings is 2. The molecule has 0 spiro atoms. The van der Waals surface area contributed by atoms with Crippen molar-refractivity contribution in [2.24, 2.45) is 0 Å². The predicted molar refractivity (Wildman–Crippen MR) is 141 cm³/mol. The third-order valence-electron chi connectivity index (χ3n) is 7.14. The van der Waals surface area contributed by atoms with Gasteiger partial charge in [-0.25, -0.2) is 4.98 Å². The molecule has 0 bridgehead atoms. The molecule has 5 rings (SSSR count). The molecule has 9 nitrogen and oxygen atoms in total. The fourth-order valence-electron chi connectivity index (χ4n) is 5.10. The van der Waals surface area contributed by atoms with Crippen LogP contribution in [0, 0.1) is 12.3 Å². The van der Waals surface area contributed by atoms with Crippen LogP contribution in [0.1, 0.15) is 47.2 Å². The molecule has 1 saturated carbocycles. The topological polar surface area (TPSA) is 111 Å². The number of nitrogens with zero attached hydrogens (tertiary/aromatic N) is 3. The molecule has 37 heavy (non-hydrogen) atoms. The highest BCUT2D eigenvalue weighted by Crippen LogP contribution is 2.28. The molecule has 0 unspecified atom stereocenters. The zero-order chi connectivity index (χ0) is 26.1. The minimum Gasteiger partial charge on any atom is -0.493 e.